The highest BCUT2D eigenvalue weighted by Gasteiger charge is 2.23. The van der Waals surface area contributed by atoms with Gasteiger partial charge in [-0.25, -0.2) is 5.21 Å². The lowest BCUT2D eigenvalue weighted by Crippen LogP contribution is -2.47. The van der Waals surface area contributed by atoms with Crippen LogP contribution in [0.1, 0.15) is 13.8 Å². The van der Waals surface area contributed by atoms with Crippen LogP contribution in [0.3, 0.4) is 0 Å². The lowest BCUT2D eigenvalue weighted by molar-refractivity contribution is -1.09. The van der Waals surface area contributed by atoms with Crippen molar-refractivity contribution >= 4 is 23.2 Å². The first kappa shape index (κ1) is 11.5. The second-order valence-corrected chi connectivity index (χ2v) is 4.76. The number of quaternary nitrogens is 1. The summed E-state index contributed by atoms with van der Waals surface area (Å²) in [5, 5.41) is 9.57. The Morgan fingerprint density at radius 2 is 1.45 bits per heavy atom. The molecule has 0 aliphatic rings. The molecule has 0 rings (SSSR count). The van der Waals surface area contributed by atoms with Crippen LogP contribution in [0.15, 0.2) is 0 Å². The fourth-order valence-electron chi connectivity index (χ4n) is 1.16. The number of rotatable bonds is 4. The van der Waals surface area contributed by atoms with Crippen molar-refractivity contribution in [2.75, 3.05) is 20.1 Å². The summed E-state index contributed by atoms with van der Waals surface area (Å²) in [5.41, 5.74) is 0. The van der Waals surface area contributed by atoms with Gasteiger partial charge in [0, 0.05) is 0 Å². The van der Waals surface area contributed by atoms with Gasteiger partial charge < -0.3 is 0 Å². The first-order valence-electron chi connectivity index (χ1n) is 3.69. The second kappa shape index (κ2) is 4.51. The maximum atomic E-state index is 9.62. The van der Waals surface area contributed by atoms with Gasteiger partial charge in [-0.3, -0.25) is 0 Å². The Balaban J connectivity index is 3.79. The lowest BCUT2D eigenvalue weighted by Gasteiger charge is -2.27. The molecule has 0 fully saturated rings. The summed E-state index contributed by atoms with van der Waals surface area (Å²) < 4.78 is -0.102. The van der Waals surface area contributed by atoms with E-state index in [1.165, 1.54) is 0 Å². The molecule has 0 radical (unpaired) electrons. The normalized spacial score (nSPS) is 22.4. The third-order valence-electron chi connectivity index (χ3n) is 1.29. The predicted molar refractivity (Wildman–Crippen MR) is 48.3 cm³/mol. The van der Waals surface area contributed by atoms with Crippen LogP contribution in [0.5, 0.6) is 0 Å². The lowest BCUT2D eigenvalue weighted by atomic mass is 10.3. The van der Waals surface area contributed by atoms with E-state index >= 15 is 0 Å². The Kier molecular flexibility index (Phi) is 4.71. The van der Waals surface area contributed by atoms with Crippen molar-refractivity contribution in [3.05, 3.63) is 0 Å². The number of alkyl halides is 2. The average Bonchev–Trinajstić information content (AvgIpc) is 1.53. The van der Waals surface area contributed by atoms with Gasteiger partial charge in [0.05, 0.1) is 17.8 Å². The first-order chi connectivity index (χ1) is 4.83. The van der Waals surface area contributed by atoms with Gasteiger partial charge in [-0.15, -0.1) is 23.2 Å². The van der Waals surface area contributed by atoms with E-state index in [4.69, 9.17) is 23.2 Å². The van der Waals surface area contributed by atoms with E-state index in [-0.39, 0.29) is 15.4 Å². The third kappa shape index (κ3) is 6.88. The maximum absolute atomic E-state index is 9.62. The Morgan fingerprint density at radius 3 is 1.64 bits per heavy atom. The summed E-state index contributed by atoms with van der Waals surface area (Å²) in [6, 6.07) is 0. The van der Waals surface area contributed by atoms with Gasteiger partial charge in [0.1, 0.15) is 13.1 Å². The zero-order chi connectivity index (χ0) is 9.07. The molecule has 0 spiro atoms. The highest BCUT2D eigenvalue weighted by Crippen LogP contribution is 2.07. The Bertz CT molecular complexity index is 103. The van der Waals surface area contributed by atoms with Crippen LogP contribution >= 0.6 is 23.2 Å². The van der Waals surface area contributed by atoms with Crippen LogP contribution in [0, 0.1) is 0 Å². The van der Waals surface area contributed by atoms with Crippen molar-refractivity contribution in [2.45, 2.75) is 24.6 Å². The van der Waals surface area contributed by atoms with Crippen LogP contribution in [0.2, 0.25) is 0 Å². The maximum Gasteiger partial charge on any atom is 0.125 e. The molecule has 0 heterocycles. The minimum Gasteiger partial charge on any atom is -0.217 e. The SMILES string of the molecule is CC(Cl)C[N+](C)(O)CC(C)Cl. The van der Waals surface area contributed by atoms with E-state index < -0.39 is 0 Å². The second-order valence-electron chi connectivity index (χ2n) is 3.27. The van der Waals surface area contributed by atoms with Gasteiger partial charge in [-0.2, -0.15) is 4.65 Å². The van der Waals surface area contributed by atoms with Crippen LogP contribution in [0.4, 0.5) is 0 Å². The molecule has 0 saturated heterocycles. The van der Waals surface area contributed by atoms with Crippen LogP contribution < -0.4 is 0 Å². The molecule has 1 N–H and O–H groups in total. The van der Waals surface area contributed by atoms with Crippen molar-refractivity contribution in [1.29, 1.82) is 0 Å². The van der Waals surface area contributed by atoms with Crippen LogP contribution in [-0.2, 0) is 0 Å². The van der Waals surface area contributed by atoms with E-state index in [2.05, 4.69) is 0 Å². The molecule has 0 bridgehead atoms. The molecule has 0 aromatic rings. The van der Waals surface area contributed by atoms with Crippen LogP contribution in [0.25, 0.3) is 0 Å². The van der Waals surface area contributed by atoms with E-state index in [0.29, 0.717) is 13.1 Å². The predicted octanol–water partition coefficient (Wildman–Crippen LogP) is 2.08. The van der Waals surface area contributed by atoms with Crippen LogP contribution in [-0.4, -0.2) is 40.7 Å². The Labute approximate surface area is 78.3 Å². The molecule has 68 valence electrons. The molecule has 11 heavy (non-hydrogen) atoms. The summed E-state index contributed by atoms with van der Waals surface area (Å²) >= 11 is 11.5. The third-order valence-corrected chi connectivity index (χ3v) is 1.57. The van der Waals surface area contributed by atoms with Crippen molar-refractivity contribution < 1.29 is 9.85 Å². The van der Waals surface area contributed by atoms with Gasteiger partial charge in [-0.05, 0) is 13.8 Å². The summed E-state index contributed by atoms with van der Waals surface area (Å²) in [6.07, 6.45) is 0. The first-order valence-corrected chi connectivity index (χ1v) is 4.56. The molecule has 2 nitrogen and oxygen atoms in total. The van der Waals surface area contributed by atoms with Crippen molar-refractivity contribution in [3.8, 4) is 0 Å². The number of hydrogen-bond acceptors (Lipinski definition) is 1. The molecule has 0 aliphatic heterocycles. The van der Waals surface area contributed by atoms with Gasteiger partial charge in [0.25, 0.3) is 0 Å². The monoisotopic (exact) mass is 200 g/mol. The molecular formula is C7H16Cl2NO+. The standard InChI is InChI=1S/C7H16Cl2NO/c1-6(8)4-10(3,11)5-7(2)9/h6-7,11H,4-5H2,1-3H3/q+1. The summed E-state index contributed by atoms with van der Waals surface area (Å²) in [6.45, 7) is 4.76. The number of nitrogens with zero attached hydrogens (tertiary/aromatic N) is 1. The fraction of sp³-hybridized carbons (Fsp3) is 1.00. The zero-order valence-corrected chi connectivity index (χ0v) is 8.73. The summed E-state index contributed by atoms with van der Waals surface area (Å²) in [7, 11) is 1.71. The highest BCUT2D eigenvalue weighted by atomic mass is 35.5. The zero-order valence-electron chi connectivity index (χ0n) is 7.22. The number of hydrogen-bond donors (Lipinski definition) is 1. The summed E-state index contributed by atoms with van der Waals surface area (Å²) in [4.78, 5) is 0. The minimum absolute atomic E-state index is 0.0274. The molecule has 0 aromatic carbocycles. The molecule has 0 aromatic heterocycles. The van der Waals surface area contributed by atoms with Crippen molar-refractivity contribution in [3.63, 3.8) is 0 Å². The smallest absolute Gasteiger partial charge is 0.125 e. The molecule has 0 amide bonds. The van der Waals surface area contributed by atoms with E-state index in [0.717, 1.165) is 0 Å². The Hall–Kier alpha value is 0.500. The molecule has 0 aliphatic carbocycles. The van der Waals surface area contributed by atoms with Crippen molar-refractivity contribution in [2.24, 2.45) is 0 Å². The topological polar surface area (TPSA) is 20.2 Å². The van der Waals surface area contributed by atoms with Gasteiger partial charge in [0.2, 0.25) is 0 Å². The molecule has 0 saturated carbocycles. The number of halogens is 2. The van der Waals surface area contributed by atoms with E-state index in [1.54, 1.807) is 7.05 Å². The van der Waals surface area contributed by atoms with Gasteiger partial charge >= 0.3 is 0 Å². The molecule has 4 heteroatoms. The molecule has 2 unspecified atom stereocenters. The molecule has 2 atom stereocenters. The van der Waals surface area contributed by atoms with E-state index in [1.807, 2.05) is 13.8 Å². The van der Waals surface area contributed by atoms with E-state index in [9.17, 15) is 5.21 Å². The van der Waals surface area contributed by atoms with Gasteiger partial charge in [-0.1, -0.05) is 0 Å². The highest BCUT2D eigenvalue weighted by molar-refractivity contribution is 6.20. The number of hydroxylamine groups is 3. The van der Waals surface area contributed by atoms with Crippen molar-refractivity contribution in [1.82, 2.24) is 0 Å². The fourth-order valence-corrected chi connectivity index (χ4v) is 1.75. The average molecular weight is 201 g/mol. The largest absolute Gasteiger partial charge is 0.217 e. The van der Waals surface area contributed by atoms with Gasteiger partial charge in [0.15, 0.2) is 0 Å². The summed E-state index contributed by atoms with van der Waals surface area (Å²) in [5.74, 6) is 0. The molecular weight excluding hydrogens is 185 g/mol. The Morgan fingerprint density at radius 1 is 1.18 bits per heavy atom. The minimum atomic E-state index is -0.102. The quantitative estimate of drug-likeness (QED) is 0.419.